The van der Waals surface area contributed by atoms with Crippen LogP contribution in [0.25, 0.3) is 5.69 Å². The molecule has 8 heteroatoms. The van der Waals surface area contributed by atoms with Gasteiger partial charge in [0.1, 0.15) is 11.9 Å². The molecule has 4 heterocycles. The highest BCUT2D eigenvalue weighted by Gasteiger charge is 2.45. The molecule has 2 N–H and O–H groups in total. The van der Waals surface area contributed by atoms with Gasteiger partial charge in [-0.1, -0.05) is 50.6 Å². The van der Waals surface area contributed by atoms with E-state index in [1.54, 1.807) is 4.68 Å². The highest BCUT2D eigenvalue weighted by molar-refractivity contribution is 5.99. The van der Waals surface area contributed by atoms with E-state index in [1.807, 2.05) is 42.5 Å². The van der Waals surface area contributed by atoms with Crippen LogP contribution in [-0.4, -0.2) is 51.4 Å². The molecule has 3 aliphatic heterocycles. The van der Waals surface area contributed by atoms with E-state index >= 15 is 0 Å². The molecule has 3 unspecified atom stereocenters. The average Bonchev–Trinajstić information content (AvgIpc) is 3.68. The van der Waals surface area contributed by atoms with Gasteiger partial charge in [0.05, 0.1) is 11.4 Å². The number of hydrogen-bond donors (Lipinski definition) is 2. The molecule has 3 saturated heterocycles. The zero-order valence-electron chi connectivity index (χ0n) is 25.2. The fraction of sp³-hybridized carbons (Fsp3) is 0.500. The minimum Gasteiger partial charge on any atom is -0.368 e. The van der Waals surface area contributed by atoms with Gasteiger partial charge in [-0.05, 0) is 87.6 Å². The van der Waals surface area contributed by atoms with Crippen LogP contribution in [-0.2, 0) is 21.4 Å². The molecule has 0 spiro atoms. The maximum absolute atomic E-state index is 13.2. The van der Waals surface area contributed by atoms with E-state index in [9.17, 15) is 9.59 Å². The maximum atomic E-state index is 13.2. The second kappa shape index (κ2) is 11.6. The fourth-order valence-electron chi connectivity index (χ4n) is 6.86. The molecular formula is C34H43N5O3. The molecule has 8 nitrogen and oxygen atoms in total. The number of anilines is 2. The number of hydrogen-bond acceptors (Lipinski definition) is 4. The zero-order valence-corrected chi connectivity index (χ0v) is 25.2. The lowest BCUT2D eigenvalue weighted by Gasteiger charge is -2.40. The van der Waals surface area contributed by atoms with Gasteiger partial charge in [0.2, 0.25) is 0 Å². The van der Waals surface area contributed by atoms with Crippen molar-refractivity contribution in [3.8, 4) is 5.69 Å². The smallest absolute Gasteiger partial charge is 0.324 e. The molecule has 3 aromatic rings. The molecule has 2 bridgehead atoms. The number of nitrogens with one attached hydrogen (secondary N) is 2. The number of rotatable bonds is 6. The van der Waals surface area contributed by atoms with Gasteiger partial charge in [-0.2, -0.15) is 5.10 Å². The summed E-state index contributed by atoms with van der Waals surface area (Å²) < 4.78 is 7.50. The predicted molar refractivity (Wildman–Crippen MR) is 165 cm³/mol. The summed E-state index contributed by atoms with van der Waals surface area (Å²) in [4.78, 5) is 28.5. The molecule has 1 aromatic heterocycles. The number of carbonyl (C=O) groups is 2. The molecule has 2 aromatic carbocycles. The second-order valence-corrected chi connectivity index (χ2v) is 13.4. The van der Waals surface area contributed by atoms with Gasteiger partial charge in [-0.15, -0.1) is 0 Å². The number of urea groups is 1. The van der Waals surface area contributed by atoms with Crippen LogP contribution >= 0.6 is 0 Å². The third kappa shape index (κ3) is 6.09. The lowest BCUT2D eigenvalue weighted by molar-refractivity contribution is -0.146. The molecule has 42 heavy (non-hydrogen) atoms. The van der Waals surface area contributed by atoms with Gasteiger partial charge in [0, 0.05) is 35.9 Å². The van der Waals surface area contributed by atoms with Crippen LogP contribution in [0.2, 0.25) is 0 Å². The van der Waals surface area contributed by atoms with E-state index in [2.05, 4.69) is 55.4 Å². The van der Waals surface area contributed by atoms with Crippen molar-refractivity contribution in [2.24, 2.45) is 5.92 Å². The molecule has 0 aliphatic carbocycles. The summed E-state index contributed by atoms with van der Waals surface area (Å²) in [5.41, 5.74) is 4.76. The number of amides is 3. The lowest BCUT2D eigenvalue weighted by atomic mass is 9.85. The molecule has 3 fully saturated rings. The number of aromatic nitrogens is 2. The van der Waals surface area contributed by atoms with Crippen LogP contribution in [0.5, 0.6) is 0 Å². The van der Waals surface area contributed by atoms with Crippen LogP contribution in [0.3, 0.4) is 0 Å². The largest absolute Gasteiger partial charge is 0.368 e. The van der Waals surface area contributed by atoms with Crippen molar-refractivity contribution < 1.29 is 14.3 Å². The van der Waals surface area contributed by atoms with Crippen LogP contribution in [0.4, 0.5) is 16.3 Å². The summed E-state index contributed by atoms with van der Waals surface area (Å²) in [5.74, 6) is 1.37. The van der Waals surface area contributed by atoms with Crippen molar-refractivity contribution in [1.82, 2.24) is 14.7 Å². The van der Waals surface area contributed by atoms with Crippen LogP contribution in [0.1, 0.15) is 76.1 Å². The number of piperidine rings is 1. The van der Waals surface area contributed by atoms with E-state index in [-0.39, 0.29) is 23.5 Å². The van der Waals surface area contributed by atoms with Crippen LogP contribution in [0.15, 0.2) is 54.6 Å². The third-order valence-electron chi connectivity index (χ3n) is 9.00. The van der Waals surface area contributed by atoms with Gasteiger partial charge in [0.15, 0.2) is 0 Å². The molecule has 3 amide bonds. The molecule has 3 atom stereocenters. The van der Waals surface area contributed by atoms with Gasteiger partial charge in [0.25, 0.3) is 5.91 Å². The van der Waals surface area contributed by atoms with Crippen LogP contribution in [0, 0.1) is 12.8 Å². The molecule has 0 radical (unpaired) electrons. The standard InChI is InChI=1S/C34H43N5O3/c1-22-10-12-26(13-11-22)39-31(21-30(37-39)34(2,3)4)36-33(41)35-25-8-5-7-23(18-25)17-24-19-27-14-15-28(20-24)38(27)32(40)29-9-6-16-42-29/h5,7-8,10-13,18,21,24,27-29H,6,9,14-17,19-20H2,1-4H3,(H2,35,36,41). The Morgan fingerprint density at radius 2 is 1.71 bits per heavy atom. The monoisotopic (exact) mass is 569 g/mol. The Morgan fingerprint density at radius 3 is 2.38 bits per heavy atom. The first kappa shape index (κ1) is 28.5. The highest BCUT2D eigenvalue weighted by atomic mass is 16.5. The molecular weight excluding hydrogens is 526 g/mol. The van der Waals surface area contributed by atoms with E-state index in [4.69, 9.17) is 9.84 Å². The maximum Gasteiger partial charge on any atom is 0.324 e. The second-order valence-electron chi connectivity index (χ2n) is 13.4. The lowest BCUT2D eigenvalue weighted by Crippen LogP contribution is -2.50. The number of benzene rings is 2. The number of nitrogens with zero attached hydrogens (tertiary/aromatic N) is 3. The number of carbonyl (C=O) groups excluding carboxylic acids is 2. The Balaban J connectivity index is 1.10. The first-order chi connectivity index (χ1) is 20.1. The first-order valence-electron chi connectivity index (χ1n) is 15.4. The first-order valence-corrected chi connectivity index (χ1v) is 15.4. The quantitative estimate of drug-likeness (QED) is 0.350. The van der Waals surface area contributed by atoms with Crippen molar-refractivity contribution in [3.05, 3.63) is 71.4 Å². The average molecular weight is 570 g/mol. The Hall–Kier alpha value is -3.65. The number of aryl methyl sites for hydroxylation is 1. The number of fused-ring (bicyclic) bond motifs is 2. The van der Waals surface area contributed by atoms with Gasteiger partial charge in [-0.3, -0.25) is 10.1 Å². The summed E-state index contributed by atoms with van der Waals surface area (Å²) in [5, 5.41) is 10.9. The zero-order chi connectivity index (χ0) is 29.4. The predicted octanol–water partition coefficient (Wildman–Crippen LogP) is 6.61. The number of ether oxygens (including phenoxy) is 1. The van der Waals surface area contributed by atoms with Gasteiger partial charge >= 0.3 is 6.03 Å². The summed E-state index contributed by atoms with van der Waals surface area (Å²) in [7, 11) is 0. The minimum atomic E-state index is -0.306. The van der Waals surface area contributed by atoms with Crippen molar-refractivity contribution in [3.63, 3.8) is 0 Å². The molecule has 6 rings (SSSR count). The topological polar surface area (TPSA) is 88.5 Å². The van der Waals surface area contributed by atoms with E-state index in [1.165, 1.54) is 11.1 Å². The van der Waals surface area contributed by atoms with E-state index < -0.39 is 0 Å². The summed E-state index contributed by atoms with van der Waals surface area (Å²) in [6.07, 6.45) is 6.82. The van der Waals surface area contributed by atoms with Crippen molar-refractivity contribution in [2.75, 3.05) is 17.2 Å². The fourth-order valence-corrected chi connectivity index (χ4v) is 6.86. The summed E-state index contributed by atoms with van der Waals surface area (Å²) in [6, 6.07) is 18.5. The summed E-state index contributed by atoms with van der Waals surface area (Å²) in [6.45, 7) is 9.10. The minimum absolute atomic E-state index is 0.162. The normalized spacial score (nSPS) is 23.7. The Kier molecular flexibility index (Phi) is 7.83. The van der Waals surface area contributed by atoms with Gasteiger partial charge in [-0.25, -0.2) is 9.48 Å². The van der Waals surface area contributed by atoms with E-state index in [0.29, 0.717) is 30.4 Å². The molecule has 222 valence electrons. The SMILES string of the molecule is Cc1ccc(-n2nc(C(C)(C)C)cc2NC(=O)Nc2cccc(CC3CC4CCC(C3)N4C(=O)C3CCCO3)c2)cc1. The molecule has 3 aliphatic rings. The van der Waals surface area contributed by atoms with E-state index in [0.717, 1.165) is 62.0 Å². The Bertz CT molecular complexity index is 1420. The third-order valence-corrected chi connectivity index (χ3v) is 9.00. The van der Waals surface area contributed by atoms with Crippen molar-refractivity contribution >= 4 is 23.4 Å². The Morgan fingerprint density at radius 1 is 0.976 bits per heavy atom. The van der Waals surface area contributed by atoms with Crippen molar-refractivity contribution in [2.45, 2.75) is 96.2 Å². The van der Waals surface area contributed by atoms with Gasteiger partial charge < -0.3 is 15.0 Å². The Labute approximate surface area is 248 Å². The van der Waals surface area contributed by atoms with Crippen LogP contribution < -0.4 is 10.6 Å². The summed E-state index contributed by atoms with van der Waals surface area (Å²) >= 11 is 0. The molecule has 0 saturated carbocycles. The van der Waals surface area contributed by atoms with Crippen molar-refractivity contribution in [1.29, 1.82) is 0 Å². The highest BCUT2D eigenvalue weighted by Crippen LogP contribution is 2.41.